The van der Waals surface area contributed by atoms with E-state index >= 15 is 0 Å². The molecule has 4 heterocycles. The molecule has 31 heavy (non-hydrogen) atoms. The molecule has 154 valence electrons. The van der Waals surface area contributed by atoms with Crippen molar-refractivity contribution < 1.29 is 4.79 Å². The first kappa shape index (κ1) is 19.3. The van der Waals surface area contributed by atoms with Gasteiger partial charge in [-0.2, -0.15) is 0 Å². The minimum atomic E-state index is 0.0671. The molecule has 0 unspecified atom stereocenters. The van der Waals surface area contributed by atoms with Crippen LogP contribution in [0.25, 0.3) is 22.2 Å². The number of hydrogen-bond acceptors (Lipinski definition) is 5. The fourth-order valence-electron chi connectivity index (χ4n) is 4.05. The van der Waals surface area contributed by atoms with Crippen LogP contribution in [0.3, 0.4) is 0 Å². The number of hydrogen-bond donors (Lipinski definition) is 0. The molecule has 1 saturated heterocycles. The summed E-state index contributed by atoms with van der Waals surface area (Å²) in [5.41, 5.74) is 4.53. The Hall–Kier alpha value is -3.64. The molecule has 6 heteroatoms. The minimum absolute atomic E-state index is 0.0671. The Labute approximate surface area is 181 Å². The van der Waals surface area contributed by atoms with Crippen LogP contribution in [0.5, 0.6) is 0 Å². The summed E-state index contributed by atoms with van der Waals surface area (Å²) in [6, 6.07) is 17.7. The number of amides is 1. The standard InChI is InChI=1S/C25H23N5O/c31-25(30-15-13-29(14-16-30)18-19-5-9-26-10-6-19)22-17-24(20-7-11-27-12-8-20)28-23-4-2-1-3-21(22)23/h1-12,17H,13-16,18H2. The van der Waals surface area contributed by atoms with Crippen LogP contribution in [0.4, 0.5) is 0 Å². The second-order valence-corrected chi connectivity index (χ2v) is 7.73. The Bertz CT molecular complexity index is 1190. The third kappa shape index (κ3) is 4.15. The molecular weight excluding hydrogens is 386 g/mol. The van der Waals surface area contributed by atoms with Crippen LogP contribution < -0.4 is 0 Å². The second-order valence-electron chi connectivity index (χ2n) is 7.73. The first-order valence-corrected chi connectivity index (χ1v) is 10.5. The third-order valence-corrected chi connectivity index (χ3v) is 5.74. The van der Waals surface area contributed by atoms with E-state index in [1.54, 1.807) is 12.4 Å². The highest BCUT2D eigenvalue weighted by molar-refractivity contribution is 6.07. The lowest BCUT2D eigenvalue weighted by molar-refractivity contribution is 0.0630. The first-order valence-electron chi connectivity index (χ1n) is 10.5. The number of piperazine rings is 1. The Kier molecular flexibility index (Phi) is 5.37. The summed E-state index contributed by atoms with van der Waals surface area (Å²) in [6.07, 6.45) is 7.14. The van der Waals surface area contributed by atoms with E-state index in [4.69, 9.17) is 4.98 Å². The molecular formula is C25H23N5O. The van der Waals surface area contributed by atoms with E-state index in [1.165, 1.54) is 5.56 Å². The van der Waals surface area contributed by atoms with Crippen molar-refractivity contribution in [1.29, 1.82) is 0 Å². The number of carbonyl (C=O) groups excluding carboxylic acids is 1. The fourth-order valence-corrected chi connectivity index (χ4v) is 4.05. The van der Waals surface area contributed by atoms with Gasteiger partial charge in [0.25, 0.3) is 5.91 Å². The highest BCUT2D eigenvalue weighted by Crippen LogP contribution is 2.26. The van der Waals surface area contributed by atoms with E-state index in [0.717, 1.165) is 41.8 Å². The van der Waals surface area contributed by atoms with E-state index in [1.807, 2.05) is 71.9 Å². The highest BCUT2D eigenvalue weighted by atomic mass is 16.2. The maximum Gasteiger partial charge on any atom is 0.254 e. The third-order valence-electron chi connectivity index (χ3n) is 5.74. The van der Waals surface area contributed by atoms with Gasteiger partial charge in [0.2, 0.25) is 0 Å². The van der Waals surface area contributed by atoms with Gasteiger partial charge in [0.15, 0.2) is 0 Å². The zero-order valence-corrected chi connectivity index (χ0v) is 17.2. The molecule has 0 spiro atoms. The van der Waals surface area contributed by atoms with E-state index < -0.39 is 0 Å². The largest absolute Gasteiger partial charge is 0.336 e. The van der Waals surface area contributed by atoms with Crippen LogP contribution >= 0.6 is 0 Å². The molecule has 1 aromatic carbocycles. The van der Waals surface area contributed by atoms with Gasteiger partial charge in [-0.3, -0.25) is 19.7 Å². The van der Waals surface area contributed by atoms with Gasteiger partial charge in [0, 0.05) is 68.5 Å². The molecule has 6 nitrogen and oxygen atoms in total. The molecule has 0 saturated carbocycles. The number of aromatic nitrogens is 3. The van der Waals surface area contributed by atoms with Gasteiger partial charge in [-0.05, 0) is 42.0 Å². The normalized spacial score (nSPS) is 14.6. The maximum atomic E-state index is 13.5. The van der Waals surface area contributed by atoms with Crippen LogP contribution in [-0.2, 0) is 6.54 Å². The molecule has 0 bridgehead atoms. The lowest BCUT2D eigenvalue weighted by Crippen LogP contribution is -2.48. The van der Waals surface area contributed by atoms with Crippen molar-refractivity contribution in [1.82, 2.24) is 24.8 Å². The Morgan fingerprint density at radius 1 is 0.839 bits per heavy atom. The Morgan fingerprint density at radius 3 is 2.26 bits per heavy atom. The summed E-state index contributed by atoms with van der Waals surface area (Å²) in [5, 5.41) is 0.893. The molecule has 0 N–H and O–H groups in total. The zero-order valence-electron chi connectivity index (χ0n) is 17.2. The van der Waals surface area contributed by atoms with E-state index in [-0.39, 0.29) is 5.91 Å². The number of fused-ring (bicyclic) bond motifs is 1. The van der Waals surface area contributed by atoms with E-state index in [9.17, 15) is 4.79 Å². The van der Waals surface area contributed by atoms with Gasteiger partial charge < -0.3 is 4.90 Å². The monoisotopic (exact) mass is 409 g/mol. The Balaban J connectivity index is 1.38. The number of pyridine rings is 3. The van der Waals surface area contributed by atoms with Crippen molar-refractivity contribution in [3.8, 4) is 11.3 Å². The predicted molar refractivity (Wildman–Crippen MR) is 120 cm³/mol. The van der Waals surface area contributed by atoms with Crippen LogP contribution in [0.15, 0.2) is 79.4 Å². The summed E-state index contributed by atoms with van der Waals surface area (Å²) in [4.78, 5) is 30.8. The average molecular weight is 409 g/mol. The molecule has 4 aromatic rings. The average Bonchev–Trinajstić information content (AvgIpc) is 2.84. The smallest absolute Gasteiger partial charge is 0.254 e. The summed E-state index contributed by atoms with van der Waals surface area (Å²) in [5.74, 6) is 0.0671. The van der Waals surface area contributed by atoms with Crippen molar-refractivity contribution in [2.75, 3.05) is 26.2 Å². The summed E-state index contributed by atoms with van der Waals surface area (Å²) in [7, 11) is 0. The van der Waals surface area contributed by atoms with Gasteiger partial charge in [-0.15, -0.1) is 0 Å². The van der Waals surface area contributed by atoms with Crippen molar-refractivity contribution >= 4 is 16.8 Å². The van der Waals surface area contributed by atoms with Crippen LogP contribution in [0.2, 0.25) is 0 Å². The lowest BCUT2D eigenvalue weighted by atomic mass is 10.0. The fraction of sp³-hybridized carbons (Fsp3) is 0.200. The molecule has 0 radical (unpaired) electrons. The van der Waals surface area contributed by atoms with Crippen LogP contribution in [-0.4, -0.2) is 56.8 Å². The quantitative estimate of drug-likeness (QED) is 0.515. The molecule has 5 rings (SSSR count). The molecule has 1 aliphatic heterocycles. The van der Waals surface area contributed by atoms with Gasteiger partial charge in [0.05, 0.1) is 16.8 Å². The van der Waals surface area contributed by atoms with Crippen LogP contribution in [0, 0.1) is 0 Å². The zero-order chi connectivity index (χ0) is 21.0. The van der Waals surface area contributed by atoms with Crippen molar-refractivity contribution in [3.05, 3.63) is 90.5 Å². The molecule has 1 fully saturated rings. The SMILES string of the molecule is O=C(c1cc(-c2ccncc2)nc2ccccc12)N1CCN(Cc2ccncc2)CC1. The summed E-state index contributed by atoms with van der Waals surface area (Å²) >= 11 is 0. The van der Waals surface area contributed by atoms with Crippen molar-refractivity contribution in [2.24, 2.45) is 0 Å². The Morgan fingerprint density at radius 2 is 1.52 bits per heavy atom. The van der Waals surface area contributed by atoms with Crippen molar-refractivity contribution in [3.63, 3.8) is 0 Å². The lowest BCUT2D eigenvalue weighted by Gasteiger charge is -2.35. The topological polar surface area (TPSA) is 62.2 Å². The van der Waals surface area contributed by atoms with Gasteiger partial charge in [0.1, 0.15) is 0 Å². The van der Waals surface area contributed by atoms with E-state index in [2.05, 4.69) is 14.9 Å². The second kappa shape index (κ2) is 8.62. The van der Waals surface area contributed by atoms with Gasteiger partial charge >= 0.3 is 0 Å². The number of para-hydroxylation sites is 1. The van der Waals surface area contributed by atoms with Crippen LogP contribution in [0.1, 0.15) is 15.9 Å². The summed E-state index contributed by atoms with van der Waals surface area (Å²) in [6.45, 7) is 4.02. The number of carbonyl (C=O) groups is 1. The predicted octanol–water partition coefficient (Wildman–Crippen LogP) is 3.65. The first-order chi connectivity index (χ1) is 15.3. The van der Waals surface area contributed by atoms with E-state index in [0.29, 0.717) is 18.7 Å². The van der Waals surface area contributed by atoms with Gasteiger partial charge in [-0.1, -0.05) is 18.2 Å². The number of benzene rings is 1. The molecule has 1 aliphatic rings. The molecule has 0 aliphatic carbocycles. The minimum Gasteiger partial charge on any atom is -0.336 e. The highest BCUT2D eigenvalue weighted by Gasteiger charge is 2.24. The number of nitrogens with zero attached hydrogens (tertiary/aromatic N) is 5. The number of rotatable bonds is 4. The summed E-state index contributed by atoms with van der Waals surface area (Å²) < 4.78 is 0. The molecule has 3 aromatic heterocycles. The molecule has 0 atom stereocenters. The molecule has 1 amide bonds. The van der Waals surface area contributed by atoms with Crippen molar-refractivity contribution in [2.45, 2.75) is 6.54 Å². The van der Waals surface area contributed by atoms with Gasteiger partial charge in [-0.25, -0.2) is 4.98 Å². The maximum absolute atomic E-state index is 13.5.